The number of anilines is 1. The minimum atomic E-state index is 0.314. The molecule has 2 aliphatic heterocycles. The molecular weight excluding hydrogens is 278 g/mol. The topological polar surface area (TPSA) is 47.5 Å². The van der Waals surface area contributed by atoms with Crippen molar-refractivity contribution >= 4 is 5.95 Å². The number of hydrogen-bond donors (Lipinski definition) is 0. The molecule has 0 aliphatic carbocycles. The summed E-state index contributed by atoms with van der Waals surface area (Å²) in [5.41, 5.74) is 2.07. The van der Waals surface area contributed by atoms with Gasteiger partial charge >= 0.3 is 0 Å². The maximum absolute atomic E-state index is 6.06. The van der Waals surface area contributed by atoms with Crippen LogP contribution in [0.4, 0.5) is 5.95 Å². The summed E-state index contributed by atoms with van der Waals surface area (Å²) in [5.74, 6) is 0.867. The van der Waals surface area contributed by atoms with E-state index in [0.717, 1.165) is 62.9 Å². The molecular formula is C17H27N3O2. The van der Waals surface area contributed by atoms with Gasteiger partial charge in [0.25, 0.3) is 0 Å². The quantitative estimate of drug-likeness (QED) is 0.856. The normalized spacial score (nSPS) is 23.7. The standard InChI is InChI=1S/C17H27N3O2/c1-13-11-14(2)19-17(18-13)20-8-6-15(7-9-20)22-12-16-5-3-4-10-21-16/h11,15-16H,3-10,12H2,1-2H3/t16-/m1/s1. The molecule has 2 saturated heterocycles. The van der Waals surface area contributed by atoms with Gasteiger partial charge in [-0.1, -0.05) is 0 Å². The third kappa shape index (κ3) is 4.17. The van der Waals surface area contributed by atoms with Crippen LogP contribution in [0.3, 0.4) is 0 Å². The fourth-order valence-electron chi connectivity index (χ4n) is 3.25. The van der Waals surface area contributed by atoms with E-state index < -0.39 is 0 Å². The zero-order valence-corrected chi connectivity index (χ0v) is 13.8. The van der Waals surface area contributed by atoms with Crippen LogP contribution in [0.15, 0.2) is 6.07 Å². The Morgan fingerprint density at radius 1 is 1.14 bits per heavy atom. The highest BCUT2D eigenvalue weighted by Gasteiger charge is 2.23. The molecule has 0 unspecified atom stereocenters. The van der Waals surface area contributed by atoms with E-state index in [1.807, 2.05) is 19.9 Å². The number of piperidine rings is 1. The van der Waals surface area contributed by atoms with E-state index in [4.69, 9.17) is 9.47 Å². The Morgan fingerprint density at radius 3 is 2.50 bits per heavy atom. The van der Waals surface area contributed by atoms with Crippen molar-refractivity contribution in [2.24, 2.45) is 0 Å². The van der Waals surface area contributed by atoms with Gasteiger partial charge in [-0.3, -0.25) is 0 Å². The number of nitrogens with zero attached hydrogens (tertiary/aromatic N) is 3. The molecule has 1 aromatic rings. The SMILES string of the molecule is Cc1cc(C)nc(N2CCC(OC[C@H]3CCCCO3)CC2)n1. The van der Waals surface area contributed by atoms with Crippen LogP contribution in [-0.4, -0.2) is 48.5 Å². The van der Waals surface area contributed by atoms with E-state index in [0.29, 0.717) is 12.2 Å². The number of aromatic nitrogens is 2. The van der Waals surface area contributed by atoms with Gasteiger partial charge in [-0.25, -0.2) is 9.97 Å². The number of hydrogen-bond acceptors (Lipinski definition) is 5. The predicted molar refractivity (Wildman–Crippen MR) is 86.3 cm³/mol. The molecule has 0 radical (unpaired) electrons. The number of rotatable bonds is 4. The summed E-state index contributed by atoms with van der Waals surface area (Å²) >= 11 is 0. The van der Waals surface area contributed by atoms with Crippen LogP contribution < -0.4 is 4.90 Å². The first-order valence-electron chi connectivity index (χ1n) is 8.51. The number of ether oxygens (including phenoxy) is 2. The molecule has 1 aromatic heterocycles. The first-order valence-corrected chi connectivity index (χ1v) is 8.51. The van der Waals surface area contributed by atoms with Gasteiger partial charge in [0, 0.05) is 31.1 Å². The molecule has 0 bridgehead atoms. The summed E-state index contributed by atoms with van der Waals surface area (Å²) in [6.45, 7) is 7.65. The van der Waals surface area contributed by atoms with E-state index in [1.54, 1.807) is 0 Å². The average Bonchev–Trinajstić information content (AvgIpc) is 2.53. The molecule has 0 aromatic carbocycles. The number of aryl methyl sites for hydroxylation is 2. The highest BCUT2D eigenvalue weighted by Crippen LogP contribution is 2.20. The van der Waals surface area contributed by atoms with E-state index in [2.05, 4.69) is 14.9 Å². The van der Waals surface area contributed by atoms with Gasteiger partial charge in [0.1, 0.15) is 0 Å². The Morgan fingerprint density at radius 2 is 1.86 bits per heavy atom. The molecule has 0 spiro atoms. The van der Waals surface area contributed by atoms with E-state index in [1.165, 1.54) is 12.8 Å². The molecule has 2 fully saturated rings. The molecule has 22 heavy (non-hydrogen) atoms. The van der Waals surface area contributed by atoms with Crippen molar-refractivity contribution in [3.8, 4) is 0 Å². The van der Waals surface area contributed by atoms with Crippen LogP contribution in [0.5, 0.6) is 0 Å². The third-order valence-electron chi connectivity index (χ3n) is 4.49. The van der Waals surface area contributed by atoms with Crippen molar-refractivity contribution < 1.29 is 9.47 Å². The lowest BCUT2D eigenvalue weighted by atomic mass is 10.1. The Bertz CT molecular complexity index is 461. The summed E-state index contributed by atoms with van der Waals surface area (Å²) in [6, 6.07) is 2.02. The molecule has 3 heterocycles. The van der Waals surface area contributed by atoms with Crippen molar-refractivity contribution in [3.05, 3.63) is 17.5 Å². The molecule has 0 saturated carbocycles. The van der Waals surface area contributed by atoms with Crippen LogP contribution in [0.1, 0.15) is 43.5 Å². The second-order valence-corrected chi connectivity index (χ2v) is 6.46. The smallest absolute Gasteiger partial charge is 0.225 e. The Labute approximate surface area is 133 Å². The van der Waals surface area contributed by atoms with Gasteiger partial charge in [0.05, 0.1) is 18.8 Å². The van der Waals surface area contributed by atoms with Crippen molar-refractivity contribution in [2.45, 2.75) is 58.2 Å². The Hall–Kier alpha value is -1.20. The highest BCUT2D eigenvalue weighted by atomic mass is 16.5. The predicted octanol–water partition coefficient (Wildman–Crippen LogP) is 2.65. The maximum Gasteiger partial charge on any atom is 0.225 e. The fourth-order valence-corrected chi connectivity index (χ4v) is 3.25. The van der Waals surface area contributed by atoms with Gasteiger partial charge in [-0.05, 0) is 52.0 Å². The van der Waals surface area contributed by atoms with E-state index >= 15 is 0 Å². The molecule has 0 amide bonds. The second-order valence-electron chi connectivity index (χ2n) is 6.46. The van der Waals surface area contributed by atoms with Crippen LogP contribution in [-0.2, 0) is 9.47 Å². The van der Waals surface area contributed by atoms with Gasteiger partial charge in [-0.15, -0.1) is 0 Å². The minimum Gasteiger partial charge on any atom is -0.376 e. The summed E-state index contributed by atoms with van der Waals surface area (Å²) < 4.78 is 11.8. The molecule has 2 aliphatic rings. The summed E-state index contributed by atoms with van der Waals surface area (Å²) in [7, 11) is 0. The monoisotopic (exact) mass is 305 g/mol. The van der Waals surface area contributed by atoms with Crippen LogP contribution >= 0.6 is 0 Å². The Balaban J connectivity index is 1.45. The highest BCUT2D eigenvalue weighted by molar-refractivity contribution is 5.32. The van der Waals surface area contributed by atoms with Crippen LogP contribution in [0, 0.1) is 13.8 Å². The largest absolute Gasteiger partial charge is 0.376 e. The fraction of sp³-hybridized carbons (Fsp3) is 0.765. The summed E-state index contributed by atoms with van der Waals surface area (Å²) in [6.07, 6.45) is 6.38. The lowest BCUT2D eigenvalue weighted by Gasteiger charge is -2.33. The molecule has 0 N–H and O–H groups in total. The van der Waals surface area contributed by atoms with Crippen LogP contribution in [0.25, 0.3) is 0 Å². The van der Waals surface area contributed by atoms with E-state index in [9.17, 15) is 0 Å². The Kier molecular flexibility index (Phi) is 5.26. The minimum absolute atomic E-state index is 0.314. The van der Waals surface area contributed by atoms with Crippen molar-refractivity contribution in [1.29, 1.82) is 0 Å². The zero-order chi connectivity index (χ0) is 15.4. The van der Waals surface area contributed by atoms with Gasteiger partial charge < -0.3 is 14.4 Å². The summed E-state index contributed by atoms with van der Waals surface area (Å²) in [4.78, 5) is 11.4. The molecule has 1 atom stereocenters. The lowest BCUT2D eigenvalue weighted by molar-refractivity contribution is -0.0672. The van der Waals surface area contributed by atoms with Crippen molar-refractivity contribution in [2.75, 3.05) is 31.2 Å². The van der Waals surface area contributed by atoms with Gasteiger partial charge in [0.2, 0.25) is 5.95 Å². The van der Waals surface area contributed by atoms with Crippen molar-refractivity contribution in [1.82, 2.24) is 9.97 Å². The second kappa shape index (κ2) is 7.38. The average molecular weight is 305 g/mol. The zero-order valence-electron chi connectivity index (χ0n) is 13.8. The lowest BCUT2D eigenvalue weighted by Crippen LogP contribution is -2.39. The van der Waals surface area contributed by atoms with E-state index in [-0.39, 0.29) is 0 Å². The summed E-state index contributed by atoms with van der Waals surface area (Å²) in [5, 5.41) is 0. The van der Waals surface area contributed by atoms with Gasteiger partial charge in [-0.2, -0.15) is 0 Å². The molecule has 3 rings (SSSR count). The molecule has 122 valence electrons. The molecule has 5 heteroatoms. The third-order valence-corrected chi connectivity index (χ3v) is 4.49. The van der Waals surface area contributed by atoms with Gasteiger partial charge in [0.15, 0.2) is 0 Å². The van der Waals surface area contributed by atoms with Crippen LogP contribution in [0.2, 0.25) is 0 Å². The maximum atomic E-state index is 6.06. The van der Waals surface area contributed by atoms with Crippen molar-refractivity contribution in [3.63, 3.8) is 0 Å². The first-order chi connectivity index (χ1) is 10.7. The molecule has 5 nitrogen and oxygen atoms in total. The first kappa shape index (κ1) is 15.7.